The van der Waals surface area contributed by atoms with E-state index >= 15 is 0 Å². The lowest BCUT2D eigenvalue weighted by Crippen LogP contribution is -2.52. The van der Waals surface area contributed by atoms with Crippen LogP contribution >= 0.6 is 0 Å². The summed E-state index contributed by atoms with van der Waals surface area (Å²) in [5.41, 5.74) is 0. The van der Waals surface area contributed by atoms with Crippen molar-refractivity contribution in [1.82, 2.24) is 10.6 Å². The first kappa shape index (κ1) is 31.7. The van der Waals surface area contributed by atoms with Crippen LogP contribution in [0.1, 0.15) is 34.6 Å². The number of likely N-dealkylation sites (N-methyl/N-ethyl adjacent to an activating group) is 1. The van der Waals surface area contributed by atoms with Gasteiger partial charge in [0.15, 0.2) is 12.4 Å². The van der Waals surface area contributed by atoms with Crippen molar-refractivity contribution in [1.29, 1.82) is 0 Å². The second kappa shape index (κ2) is 20.4. The molecule has 2 aliphatic heterocycles. The molecular weight excluding hydrogens is 404 g/mol. The smallest absolute Gasteiger partial charge is 0.187 e. The minimum absolute atomic E-state index is 0.132. The second-order valence-corrected chi connectivity index (χ2v) is 5.93. The molecule has 3 rings (SSSR count). The third-order valence-corrected chi connectivity index (χ3v) is 3.84. The highest BCUT2D eigenvalue weighted by Crippen LogP contribution is 2.37. The van der Waals surface area contributed by atoms with Crippen molar-refractivity contribution in [2.24, 2.45) is 0 Å². The maximum Gasteiger partial charge on any atom is 0.187 e. The monoisotopic (exact) mass is 448 g/mol. The number of rotatable bonds is 6. The molecule has 6 N–H and O–H groups in total. The first-order valence-corrected chi connectivity index (χ1v) is 11.0. The van der Waals surface area contributed by atoms with Crippen LogP contribution < -0.4 is 15.4 Å². The molecule has 0 aromatic heterocycles. The quantitative estimate of drug-likeness (QED) is 0.353. The number of benzene rings is 1. The first-order chi connectivity index (χ1) is 15.0. The number of phenols is 1. The minimum Gasteiger partial charge on any atom is -0.508 e. The zero-order valence-electron chi connectivity index (χ0n) is 20.0. The Balaban J connectivity index is 0. The van der Waals surface area contributed by atoms with Gasteiger partial charge in [-0.3, -0.25) is 0 Å². The highest BCUT2D eigenvalue weighted by molar-refractivity contribution is 5.30. The molecule has 2 saturated heterocycles. The molecule has 9 nitrogen and oxygen atoms in total. The maximum absolute atomic E-state index is 10.0. The summed E-state index contributed by atoms with van der Waals surface area (Å²) in [7, 11) is 3.73. The maximum atomic E-state index is 10.0. The lowest BCUT2D eigenvalue weighted by atomic mass is 10.0. The fraction of sp³-hybridized carbons (Fsp3) is 0.727. The summed E-state index contributed by atoms with van der Waals surface area (Å²) < 4.78 is 16.1. The summed E-state index contributed by atoms with van der Waals surface area (Å²) in [4.78, 5) is 0. The van der Waals surface area contributed by atoms with Crippen LogP contribution in [0.3, 0.4) is 0 Å². The number of fused-ring (bicyclic) bond motifs is 1. The van der Waals surface area contributed by atoms with Crippen molar-refractivity contribution in [3.8, 4) is 11.5 Å². The Labute approximate surface area is 187 Å². The van der Waals surface area contributed by atoms with Crippen LogP contribution in [0.25, 0.3) is 0 Å². The third kappa shape index (κ3) is 12.9. The van der Waals surface area contributed by atoms with Gasteiger partial charge in [0.2, 0.25) is 0 Å². The number of hydrogen-bond donors (Lipinski definition) is 6. The molecule has 31 heavy (non-hydrogen) atoms. The Morgan fingerprint density at radius 1 is 0.968 bits per heavy atom. The van der Waals surface area contributed by atoms with Gasteiger partial charge in [-0.15, -0.1) is 0 Å². The Morgan fingerprint density at radius 3 is 1.90 bits per heavy atom. The molecule has 9 heteroatoms. The van der Waals surface area contributed by atoms with Crippen LogP contribution in [0.4, 0.5) is 0 Å². The summed E-state index contributed by atoms with van der Waals surface area (Å²) in [6.07, 6.45) is -2.97. The predicted octanol–water partition coefficient (Wildman–Crippen LogP) is 1.09. The topological polar surface area (TPSA) is 136 Å². The van der Waals surface area contributed by atoms with Crippen LogP contribution in [-0.4, -0.2) is 91.5 Å². The van der Waals surface area contributed by atoms with E-state index in [1.165, 1.54) is 12.1 Å². The summed E-state index contributed by atoms with van der Waals surface area (Å²) in [6.45, 7) is 11.8. The van der Waals surface area contributed by atoms with Crippen LogP contribution in [0.2, 0.25) is 0 Å². The molecular formula is C22H44N2O7. The lowest BCUT2D eigenvalue weighted by Gasteiger charge is -2.32. The third-order valence-electron chi connectivity index (χ3n) is 3.84. The van der Waals surface area contributed by atoms with Gasteiger partial charge in [-0.1, -0.05) is 34.6 Å². The fourth-order valence-electron chi connectivity index (χ4n) is 2.20. The molecule has 2 heterocycles. The largest absolute Gasteiger partial charge is 0.508 e. The number of nitrogens with one attached hydrogen (secondary N) is 2. The van der Waals surface area contributed by atoms with E-state index in [2.05, 4.69) is 17.6 Å². The SMILES string of the molecule is CC.CC.CCNC.CNCCO.OCC1OC2OC2C(O)C1Oc1ccc(O)cc1. The number of hydrogen-bond acceptors (Lipinski definition) is 9. The molecule has 1 aromatic carbocycles. The van der Waals surface area contributed by atoms with E-state index in [9.17, 15) is 15.3 Å². The van der Waals surface area contributed by atoms with Crippen LogP contribution in [-0.2, 0) is 9.47 Å². The van der Waals surface area contributed by atoms with E-state index in [0.717, 1.165) is 6.54 Å². The molecule has 5 atom stereocenters. The zero-order valence-corrected chi connectivity index (χ0v) is 20.0. The molecule has 184 valence electrons. The molecule has 0 aliphatic carbocycles. The molecule has 0 amide bonds. The second-order valence-electron chi connectivity index (χ2n) is 5.93. The van der Waals surface area contributed by atoms with Gasteiger partial charge in [-0.2, -0.15) is 0 Å². The number of phenolic OH excluding ortho intramolecular Hbond substituents is 1. The van der Waals surface area contributed by atoms with Crippen LogP contribution in [0, 0.1) is 0 Å². The van der Waals surface area contributed by atoms with E-state index in [-0.39, 0.29) is 25.1 Å². The molecule has 2 aliphatic rings. The Bertz CT molecular complexity index is 501. The molecule has 0 radical (unpaired) electrons. The van der Waals surface area contributed by atoms with Crippen molar-refractivity contribution in [2.45, 2.75) is 65.3 Å². The van der Waals surface area contributed by atoms with E-state index in [1.807, 2.05) is 34.7 Å². The Hall–Kier alpha value is -1.46. The molecule has 0 spiro atoms. The summed E-state index contributed by atoms with van der Waals surface area (Å²) >= 11 is 0. The van der Waals surface area contributed by atoms with Gasteiger partial charge in [0.1, 0.15) is 29.8 Å². The van der Waals surface area contributed by atoms with E-state index in [4.69, 9.17) is 19.3 Å². The number of aliphatic hydroxyl groups excluding tert-OH is 3. The summed E-state index contributed by atoms with van der Waals surface area (Å²) in [5, 5.41) is 42.1. The van der Waals surface area contributed by atoms with Gasteiger partial charge in [0.25, 0.3) is 0 Å². The van der Waals surface area contributed by atoms with E-state index in [1.54, 1.807) is 19.2 Å². The van der Waals surface area contributed by atoms with Crippen molar-refractivity contribution < 1.29 is 34.6 Å². The standard InChI is InChI=1S/C12H14O6.C3H9NO.C3H9N.2C2H6/c13-5-8-10(9(15)11-12(17-8)18-11)16-7-3-1-6(14)2-4-7;1-4-2-3-5;1-3-4-2;2*1-2/h1-4,8-15H,5H2;4-5H,2-3H2,1H3;4H,3H2,1-2H3;2*1-2H3. The van der Waals surface area contributed by atoms with Gasteiger partial charge >= 0.3 is 0 Å². The Morgan fingerprint density at radius 2 is 1.52 bits per heavy atom. The fourth-order valence-corrected chi connectivity index (χ4v) is 2.20. The minimum atomic E-state index is -0.838. The number of aliphatic hydroxyl groups is 3. The normalized spacial score (nSPS) is 24.8. The Kier molecular flexibility index (Phi) is 20.9. The predicted molar refractivity (Wildman–Crippen MR) is 122 cm³/mol. The van der Waals surface area contributed by atoms with Crippen LogP contribution in [0.15, 0.2) is 24.3 Å². The summed E-state index contributed by atoms with van der Waals surface area (Å²) in [5.74, 6) is 0.616. The van der Waals surface area contributed by atoms with Crippen molar-refractivity contribution in [2.75, 3.05) is 40.4 Å². The lowest BCUT2D eigenvalue weighted by molar-refractivity contribution is -0.134. The average Bonchev–Trinajstić information content (AvgIpc) is 3.61. The van der Waals surface area contributed by atoms with Crippen molar-refractivity contribution >= 4 is 0 Å². The number of epoxide rings is 1. The van der Waals surface area contributed by atoms with E-state index < -0.39 is 24.6 Å². The molecule has 5 unspecified atom stereocenters. The van der Waals surface area contributed by atoms with Crippen molar-refractivity contribution in [3.63, 3.8) is 0 Å². The zero-order chi connectivity index (χ0) is 24.2. The molecule has 1 aromatic rings. The highest BCUT2D eigenvalue weighted by Gasteiger charge is 2.57. The van der Waals surface area contributed by atoms with Crippen molar-refractivity contribution in [3.05, 3.63) is 24.3 Å². The summed E-state index contributed by atoms with van der Waals surface area (Å²) in [6, 6.07) is 6.12. The van der Waals surface area contributed by atoms with Crippen LogP contribution in [0.5, 0.6) is 11.5 Å². The van der Waals surface area contributed by atoms with Gasteiger partial charge in [0, 0.05) is 6.54 Å². The van der Waals surface area contributed by atoms with Gasteiger partial charge in [-0.05, 0) is 44.9 Å². The highest BCUT2D eigenvalue weighted by atomic mass is 16.8. The average molecular weight is 449 g/mol. The van der Waals surface area contributed by atoms with Gasteiger partial charge in [0.05, 0.1) is 13.2 Å². The molecule has 0 bridgehead atoms. The molecule has 2 fully saturated rings. The van der Waals surface area contributed by atoms with E-state index in [0.29, 0.717) is 12.3 Å². The number of ether oxygens (including phenoxy) is 3. The number of aromatic hydroxyl groups is 1. The first-order valence-electron chi connectivity index (χ1n) is 11.0. The van der Waals surface area contributed by atoms with Gasteiger partial charge in [-0.25, -0.2) is 0 Å². The molecule has 0 saturated carbocycles. The van der Waals surface area contributed by atoms with Gasteiger partial charge < -0.3 is 45.3 Å².